The molecule has 0 aliphatic heterocycles. The van der Waals surface area contributed by atoms with E-state index in [0.717, 1.165) is 21.3 Å². The van der Waals surface area contributed by atoms with Crippen LogP contribution >= 0.6 is 15.9 Å². The van der Waals surface area contributed by atoms with Crippen LogP contribution in [0.5, 0.6) is 5.75 Å². The number of nitrogens with one attached hydrogen (secondary N) is 1. The first kappa shape index (κ1) is 14.7. The van der Waals surface area contributed by atoms with Gasteiger partial charge in [0.05, 0.1) is 18.9 Å². The minimum absolute atomic E-state index is 0.132. The second-order valence-electron chi connectivity index (χ2n) is 4.53. The van der Waals surface area contributed by atoms with Gasteiger partial charge >= 0.3 is 0 Å². The van der Waals surface area contributed by atoms with Gasteiger partial charge in [-0.25, -0.2) is 0 Å². The van der Waals surface area contributed by atoms with Gasteiger partial charge in [0.2, 0.25) is 0 Å². The highest BCUT2D eigenvalue weighted by Crippen LogP contribution is 2.21. The molecule has 4 nitrogen and oxygen atoms in total. The van der Waals surface area contributed by atoms with Crippen molar-refractivity contribution >= 4 is 21.8 Å². The number of hydrogen-bond acceptors (Lipinski definition) is 3. The number of carbonyl (C=O) groups is 1. The summed E-state index contributed by atoms with van der Waals surface area (Å²) in [7, 11) is 1.61. The first-order chi connectivity index (χ1) is 9.51. The van der Waals surface area contributed by atoms with Gasteiger partial charge in [0.15, 0.2) is 0 Å². The molecule has 0 unspecified atom stereocenters. The van der Waals surface area contributed by atoms with E-state index in [1.807, 2.05) is 25.1 Å². The number of ether oxygens (including phenoxy) is 1. The maximum absolute atomic E-state index is 12.1. The number of rotatable bonds is 4. The zero-order valence-electron chi connectivity index (χ0n) is 11.6. The Morgan fingerprint density at radius 2 is 2.10 bits per heavy atom. The average Bonchev–Trinajstić information content (AvgIpc) is 2.75. The number of benzene rings is 1. The lowest BCUT2D eigenvalue weighted by Crippen LogP contribution is -2.23. The van der Waals surface area contributed by atoms with Crippen molar-refractivity contribution in [2.24, 2.45) is 0 Å². The second kappa shape index (κ2) is 6.13. The molecular weight excluding hydrogens is 322 g/mol. The van der Waals surface area contributed by atoms with Crippen molar-refractivity contribution in [1.29, 1.82) is 0 Å². The van der Waals surface area contributed by atoms with E-state index in [2.05, 4.69) is 21.2 Å². The van der Waals surface area contributed by atoms with Crippen LogP contribution in [-0.2, 0) is 6.54 Å². The van der Waals surface area contributed by atoms with Crippen LogP contribution in [0.1, 0.15) is 27.2 Å². The quantitative estimate of drug-likeness (QED) is 0.927. The fourth-order valence-electron chi connectivity index (χ4n) is 2.02. The molecule has 1 amide bonds. The van der Waals surface area contributed by atoms with Crippen LogP contribution in [-0.4, -0.2) is 13.0 Å². The zero-order valence-corrected chi connectivity index (χ0v) is 13.2. The smallest absolute Gasteiger partial charge is 0.255 e. The monoisotopic (exact) mass is 337 g/mol. The molecule has 0 aliphatic rings. The van der Waals surface area contributed by atoms with Crippen LogP contribution in [0.4, 0.5) is 0 Å². The van der Waals surface area contributed by atoms with Gasteiger partial charge in [-0.15, -0.1) is 0 Å². The van der Waals surface area contributed by atoms with Crippen molar-refractivity contribution in [3.63, 3.8) is 0 Å². The summed E-state index contributed by atoms with van der Waals surface area (Å²) in [5.74, 6) is 1.25. The zero-order chi connectivity index (χ0) is 14.7. The molecule has 106 valence electrons. The van der Waals surface area contributed by atoms with Gasteiger partial charge in [0, 0.05) is 16.6 Å². The van der Waals surface area contributed by atoms with Crippen LogP contribution in [0.2, 0.25) is 0 Å². The van der Waals surface area contributed by atoms with E-state index >= 15 is 0 Å². The lowest BCUT2D eigenvalue weighted by atomic mass is 10.1. The third-order valence-corrected chi connectivity index (χ3v) is 3.46. The summed E-state index contributed by atoms with van der Waals surface area (Å²) in [6, 6.07) is 5.70. The summed E-state index contributed by atoms with van der Waals surface area (Å²) in [5.41, 5.74) is 2.40. The molecule has 2 aromatic rings. The molecule has 0 saturated carbocycles. The van der Waals surface area contributed by atoms with Crippen LogP contribution in [0.25, 0.3) is 0 Å². The van der Waals surface area contributed by atoms with E-state index in [4.69, 9.17) is 9.15 Å². The van der Waals surface area contributed by atoms with Gasteiger partial charge in [0.1, 0.15) is 11.5 Å². The van der Waals surface area contributed by atoms with Crippen LogP contribution < -0.4 is 10.1 Å². The van der Waals surface area contributed by atoms with Gasteiger partial charge in [-0.1, -0.05) is 15.9 Å². The minimum atomic E-state index is -0.132. The minimum Gasteiger partial charge on any atom is -0.497 e. The van der Waals surface area contributed by atoms with E-state index in [1.165, 1.54) is 0 Å². The third-order valence-electron chi connectivity index (χ3n) is 3.01. The van der Waals surface area contributed by atoms with Gasteiger partial charge in [-0.05, 0) is 37.6 Å². The summed E-state index contributed by atoms with van der Waals surface area (Å²) in [5, 5.41) is 2.89. The Balaban J connectivity index is 2.09. The maximum Gasteiger partial charge on any atom is 0.255 e. The molecule has 0 atom stereocenters. The van der Waals surface area contributed by atoms with E-state index in [9.17, 15) is 4.79 Å². The molecule has 0 aliphatic carbocycles. The van der Waals surface area contributed by atoms with E-state index in [0.29, 0.717) is 17.9 Å². The summed E-state index contributed by atoms with van der Waals surface area (Å²) >= 11 is 3.42. The number of amides is 1. The molecule has 1 N–H and O–H groups in total. The molecule has 1 aromatic carbocycles. The molecule has 1 heterocycles. The van der Waals surface area contributed by atoms with Crippen molar-refractivity contribution in [2.45, 2.75) is 20.4 Å². The molecule has 0 radical (unpaired) electrons. The third kappa shape index (κ3) is 3.22. The van der Waals surface area contributed by atoms with Crippen LogP contribution in [0.15, 0.2) is 33.4 Å². The second-order valence-corrected chi connectivity index (χ2v) is 5.45. The van der Waals surface area contributed by atoms with Crippen molar-refractivity contribution in [3.8, 4) is 5.75 Å². The van der Waals surface area contributed by atoms with Gasteiger partial charge in [-0.3, -0.25) is 4.79 Å². The van der Waals surface area contributed by atoms with Gasteiger partial charge < -0.3 is 14.5 Å². The first-order valence-electron chi connectivity index (χ1n) is 6.17. The fourth-order valence-corrected chi connectivity index (χ4v) is 2.54. The number of halogens is 1. The molecule has 20 heavy (non-hydrogen) atoms. The highest BCUT2D eigenvalue weighted by Gasteiger charge is 2.15. The van der Waals surface area contributed by atoms with E-state index in [-0.39, 0.29) is 5.91 Å². The summed E-state index contributed by atoms with van der Waals surface area (Å²) in [6.45, 7) is 4.07. The van der Waals surface area contributed by atoms with E-state index < -0.39 is 0 Å². The largest absolute Gasteiger partial charge is 0.497 e. The Morgan fingerprint density at radius 3 is 2.70 bits per heavy atom. The van der Waals surface area contributed by atoms with E-state index in [1.54, 1.807) is 20.3 Å². The lowest BCUT2D eigenvalue weighted by molar-refractivity contribution is 0.0949. The Morgan fingerprint density at radius 1 is 1.35 bits per heavy atom. The standard InChI is InChI=1S/C15H16BrNO3/c1-9-8-20-10(2)14(9)15(18)17-7-11-4-12(16)6-13(5-11)19-3/h4-6,8H,7H2,1-3H3,(H,17,18). The molecule has 0 bridgehead atoms. The molecule has 0 fully saturated rings. The first-order valence-corrected chi connectivity index (χ1v) is 6.97. The van der Waals surface area contributed by atoms with Crippen molar-refractivity contribution in [1.82, 2.24) is 5.32 Å². The molecule has 2 rings (SSSR count). The van der Waals surface area contributed by atoms with Crippen molar-refractivity contribution in [2.75, 3.05) is 7.11 Å². The summed E-state index contributed by atoms with van der Waals surface area (Å²) in [6.07, 6.45) is 1.59. The lowest BCUT2D eigenvalue weighted by Gasteiger charge is -2.08. The number of hydrogen-bond donors (Lipinski definition) is 1. The Bertz CT molecular complexity index is 615. The number of carbonyl (C=O) groups excluding carboxylic acids is 1. The SMILES string of the molecule is COc1cc(Br)cc(CNC(=O)c2c(C)coc2C)c1. The Hall–Kier alpha value is -1.75. The molecule has 0 saturated heterocycles. The summed E-state index contributed by atoms with van der Waals surface area (Å²) < 4.78 is 11.3. The van der Waals surface area contributed by atoms with Crippen LogP contribution in [0.3, 0.4) is 0 Å². The predicted octanol–water partition coefficient (Wildman–Crippen LogP) is 3.60. The normalized spacial score (nSPS) is 10.4. The van der Waals surface area contributed by atoms with Crippen LogP contribution in [0, 0.1) is 13.8 Å². The van der Waals surface area contributed by atoms with Crippen molar-refractivity contribution < 1.29 is 13.9 Å². The fraction of sp³-hybridized carbons (Fsp3) is 0.267. The average molecular weight is 338 g/mol. The molecular formula is C15H16BrNO3. The molecule has 1 aromatic heterocycles. The maximum atomic E-state index is 12.1. The number of aryl methyl sites for hydroxylation is 2. The molecule has 0 spiro atoms. The summed E-state index contributed by atoms with van der Waals surface area (Å²) in [4.78, 5) is 12.1. The Kier molecular flexibility index (Phi) is 4.49. The highest BCUT2D eigenvalue weighted by molar-refractivity contribution is 9.10. The Labute approximate surface area is 126 Å². The van der Waals surface area contributed by atoms with Gasteiger partial charge in [-0.2, -0.15) is 0 Å². The van der Waals surface area contributed by atoms with Gasteiger partial charge in [0.25, 0.3) is 5.91 Å². The number of methoxy groups -OCH3 is 1. The topological polar surface area (TPSA) is 51.5 Å². The predicted molar refractivity (Wildman–Crippen MR) is 80.0 cm³/mol. The highest BCUT2D eigenvalue weighted by atomic mass is 79.9. The molecule has 5 heteroatoms. The number of furan rings is 1. The van der Waals surface area contributed by atoms with Crippen molar-refractivity contribution in [3.05, 3.63) is 51.4 Å².